The Morgan fingerprint density at radius 3 is 2.62 bits per heavy atom. The van der Waals surface area contributed by atoms with Crippen molar-refractivity contribution < 1.29 is 18.4 Å². The Hall–Kier alpha value is -3.49. The van der Waals surface area contributed by atoms with E-state index in [2.05, 4.69) is 15.9 Å². The van der Waals surface area contributed by atoms with Crippen LogP contribution < -0.4 is 16.0 Å². The van der Waals surface area contributed by atoms with E-state index < -0.39 is 17.2 Å². The van der Waals surface area contributed by atoms with Crippen molar-refractivity contribution in [3.8, 4) is 16.9 Å². The second-order valence-corrected chi connectivity index (χ2v) is 8.94. The fraction of sp³-hybridized carbons (Fsp3) is 0.0417. The fourth-order valence-corrected chi connectivity index (χ4v) is 4.50. The lowest BCUT2D eigenvalue weighted by molar-refractivity contribution is -0.133. The molecule has 6 nitrogen and oxygen atoms in total. The van der Waals surface area contributed by atoms with Crippen LogP contribution in [0.5, 0.6) is 5.75 Å². The maximum absolute atomic E-state index is 12.7. The molecule has 0 saturated carbocycles. The van der Waals surface area contributed by atoms with E-state index in [1.807, 2.05) is 23.6 Å². The molecule has 0 radical (unpaired) electrons. The lowest BCUT2D eigenvalue weighted by atomic mass is 10.0. The molecule has 5 aromatic rings. The first-order valence-corrected chi connectivity index (χ1v) is 11.2. The van der Waals surface area contributed by atoms with Crippen LogP contribution in [0.2, 0.25) is 0 Å². The van der Waals surface area contributed by atoms with Gasteiger partial charge in [-0.2, -0.15) is 0 Å². The molecule has 0 bridgehead atoms. The van der Waals surface area contributed by atoms with Gasteiger partial charge in [0.05, 0.1) is 12.0 Å². The van der Waals surface area contributed by atoms with Gasteiger partial charge in [0.1, 0.15) is 16.9 Å². The standard InChI is InChI=1S/C24H13BrO6S/c25-14-3-6-20-13(8-14)9-19(24(28)31-20)18-12-23(27)30-21-10-15(4-5-17(18)21)29-22(26)11-16-2-1-7-32-16/h1-10,12H,11H2. The highest BCUT2D eigenvalue weighted by Crippen LogP contribution is 2.30. The van der Waals surface area contributed by atoms with Gasteiger partial charge in [-0.05, 0) is 47.8 Å². The number of thiophene rings is 1. The third-order valence-electron chi connectivity index (χ3n) is 4.83. The van der Waals surface area contributed by atoms with Gasteiger partial charge in [-0.25, -0.2) is 9.59 Å². The molecule has 0 spiro atoms. The molecule has 158 valence electrons. The molecule has 0 amide bonds. The lowest BCUT2D eigenvalue weighted by Crippen LogP contribution is -2.10. The number of carbonyl (C=O) groups excluding carboxylic acids is 1. The summed E-state index contributed by atoms with van der Waals surface area (Å²) in [6.07, 6.45) is 0.146. The Morgan fingerprint density at radius 2 is 1.81 bits per heavy atom. The van der Waals surface area contributed by atoms with Crippen molar-refractivity contribution in [3.05, 3.63) is 96.2 Å². The van der Waals surface area contributed by atoms with Gasteiger partial charge >= 0.3 is 17.2 Å². The predicted molar refractivity (Wildman–Crippen MR) is 125 cm³/mol. The summed E-state index contributed by atoms with van der Waals surface area (Å²) in [6.45, 7) is 0. The van der Waals surface area contributed by atoms with Gasteiger partial charge in [-0.1, -0.05) is 22.0 Å². The second-order valence-electron chi connectivity index (χ2n) is 7.00. The van der Waals surface area contributed by atoms with Gasteiger partial charge in [0.25, 0.3) is 0 Å². The predicted octanol–water partition coefficient (Wildman–Crippen LogP) is 5.54. The molecular weight excluding hydrogens is 496 g/mol. The summed E-state index contributed by atoms with van der Waals surface area (Å²) in [7, 11) is 0. The van der Waals surface area contributed by atoms with Crippen LogP contribution in [0.15, 0.2) is 88.9 Å². The number of benzene rings is 2. The largest absolute Gasteiger partial charge is 0.426 e. The van der Waals surface area contributed by atoms with E-state index in [-0.39, 0.29) is 23.3 Å². The average molecular weight is 509 g/mol. The molecule has 3 heterocycles. The Bertz CT molecular complexity index is 1600. The van der Waals surface area contributed by atoms with E-state index in [4.69, 9.17) is 13.6 Å². The number of rotatable bonds is 4. The molecule has 0 saturated heterocycles. The SMILES string of the molecule is O=C(Cc1cccs1)Oc1ccc2c(-c3cc4cc(Br)ccc4oc3=O)cc(=O)oc2c1. The lowest BCUT2D eigenvalue weighted by Gasteiger charge is -2.08. The molecule has 8 heteroatoms. The van der Waals surface area contributed by atoms with E-state index in [0.29, 0.717) is 21.9 Å². The highest BCUT2D eigenvalue weighted by Gasteiger charge is 2.15. The summed E-state index contributed by atoms with van der Waals surface area (Å²) >= 11 is 4.87. The van der Waals surface area contributed by atoms with Crippen LogP contribution in [-0.4, -0.2) is 5.97 Å². The molecular formula is C24H13BrO6S. The number of hydrogen-bond donors (Lipinski definition) is 0. The Morgan fingerprint density at radius 1 is 0.938 bits per heavy atom. The van der Waals surface area contributed by atoms with E-state index in [9.17, 15) is 14.4 Å². The van der Waals surface area contributed by atoms with Crippen LogP contribution in [0.1, 0.15) is 4.88 Å². The van der Waals surface area contributed by atoms with E-state index in [1.54, 1.807) is 30.3 Å². The number of carbonyl (C=O) groups is 1. The minimum absolute atomic E-state index is 0.146. The number of esters is 1. The van der Waals surface area contributed by atoms with Gasteiger partial charge in [0.15, 0.2) is 0 Å². The molecule has 0 atom stereocenters. The first-order valence-electron chi connectivity index (χ1n) is 9.51. The Balaban J connectivity index is 1.57. The minimum atomic E-state index is -0.636. The van der Waals surface area contributed by atoms with Crippen LogP contribution in [0.3, 0.4) is 0 Å². The normalized spacial score (nSPS) is 11.2. The molecule has 0 fully saturated rings. The monoisotopic (exact) mass is 508 g/mol. The summed E-state index contributed by atoms with van der Waals surface area (Å²) in [6, 6.07) is 16.6. The maximum Gasteiger partial charge on any atom is 0.344 e. The highest BCUT2D eigenvalue weighted by molar-refractivity contribution is 9.10. The Kier molecular flexibility index (Phi) is 5.24. The van der Waals surface area contributed by atoms with Crippen LogP contribution in [-0.2, 0) is 11.2 Å². The van der Waals surface area contributed by atoms with Crippen LogP contribution in [0.4, 0.5) is 0 Å². The second kappa shape index (κ2) is 8.22. The summed E-state index contributed by atoms with van der Waals surface area (Å²) in [5.74, 6) is -0.181. The molecule has 32 heavy (non-hydrogen) atoms. The topological polar surface area (TPSA) is 86.7 Å². The van der Waals surface area contributed by atoms with Crippen molar-refractivity contribution in [2.75, 3.05) is 0 Å². The van der Waals surface area contributed by atoms with E-state index >= 15 is 0 Å². The summed E-state index contributed by atoms with van der Waals surface area (Å²) < 4.78 is 17.0. The van der Waals surface area contributed by atoms with Gasteiger partial charge in [-0.3, -0.25) is 4.79 Å². The van der Waals surface area contributed by atoms with Crippen molar-refractivity contribution in [2.24, 2.45) is 0 Å². The number of fused-ring (bicyclic) bond motifs is 2. The number of ether oxygens (including phenoxy) is 1. The number of halogens is 1. The quantitative estimate of drug-likeness (QED) is 0.180. The fourth-order valence-electron chi connectivity index (χ4n) is 3.43. The highest BCUT2D eigenvalue weighted by atomic mass is 79.9. The zero-order chi connectivity index (χ0) is 22.2. The summed E-state index contributed by atoms with van der Waals surface area (Å²) in [5.41, 5.74) is 0.0394. The van der Waals surface area contributed by atoms with Gasteiger partial charge < -0.3 is 13.6 Å². The third-order valence-corrected chi connectivity index (χ3v) is 6.20. The zero-order valence-electron chi connectivity index (χ0n) is 16.3. The molecule has 2 aromatic carbocycles. The van der Waals surface area contributed by atoms with Crippen molar-refractivity contribution >= 4 is 55.2 Å². The number of hydrogen-bond acceptors (Lipinski definition) is 7. The van der Waals surface area contributed by atoms with Gasteiger partial charge in [-0.15, -0.1) is 11.3 Å². The molecule has 0 aliphatic rings. The smallest absolute Gasteiger partial charge is 0.344 e. The van der Waals surface area contributed by atoms with Crippen molar-refractivity contribution in [1.29, 1.82) is 0 Å². The maximum atomic E-state index is 12.7. The first-order chi connectivity index (χ1) is 15.5. The van der Waals surface area contributed by atoms with Crippen molar-refractivity contribution in [1.82, 2.24) is 0 Å². The molecule has 0 N–H and O–H groups in total. The minimum Gasteiger partial charge on any atom is -0.426 e. The van der Waals surface area contributed by atoms with Crippen LogP contribution in [0, 0.1) is 0 Å². The molecule has 0 unspecified atom stereocenters. The summed E-state index contributed by atoms with van der Waals surface area (Å²) in [4.78, 5) is 38.0. The van der Waals surface area contributed by atoms with E-state index in [1.165, 1.54) is 23.5 Å². The third kappa shape index (κ3) is 4.02. The summed E-state index contributed by atoms with van der Waals surface area (Å²) in [5, 5.41) is 3.11. The molecule has 0 aliphatic heterocycles. The molecule has 3 aromatic heterocycles. The Labute approximate surface area is 192 Å². The average Bonchev–Trinajstić information content (AvgIpc) is 3.25. The van der Waals surface area contributed by atoms with Crippen LogP contribution >= 0.6 is 27.3 Å². The van der Waals surface area contributed by atoms with Crippen molar-refractivity contribution in [2.45, 2.75) is 6.42 Å². The first kappa shape index (κ1) is 20.4. The van der Waals surface area contributed by atoms with Crippen LogP contribution in [0.25, 0.3) is 33.1 Å². The molecule has 0 aliphatic carbocycles. The van der Waals surface area contributed by atoms with Gasteiger partial charge in [0, 0.05) is 37.8 Å². The van der Waals surface area contributed by atoms with Gasteiger partial charge in [0.2, 0.25) is 0 Å². The van der Waals surface area contributed by atoms with Crippen molar-refractivity contribution in [3.63, 3.8) is 0 Å². The molecule has 5 rings (SSSR count). The zero-order valence-corrected chi connectivity index (χ0v) is 18.7. The van der Waals surface area contributed by atoms with E-state index in [0.717, 1.165) is 9.35 Å².